The van der Waals surface area contributed by atoms with E-state index in [1.807, 2.05) is 0 Å². The van der Waals surface area contributed by atoms with Crippen LogP contribution in [0.5, 0.6) is 0 Å². The van der Waals surface area contributed by atoms with Crippen molar-refractivity contribution >= 4 is 23.3 Å². The number of carbonyl (C=O) groups excluding carboxylic acids is 2. The third-order valence-electron chi connectivity index (χ3n) is 3.76. The summed E-state index contributed by atoms with van der Waals surface area (Å²) in [6.07, 6.45) is 0. The van der Waals surface area contributed by atoms with Gasteiger partial charge < -0.3 is 14.8 Å². The SMILES string of the molecule is C.COC(=O)c1ccc(COCCNC(=O)c2cc([N+](=O)[O-])cc([N+](=O)[O-])c2)cc1. The Balaban J connectivity index is 0.00000450. The summed E-state index contributed by atoms with van der Waals surface area (Å²) in [5.74, 6) is -1.13. The lowest BCUT2D eigenvalue weighted by Crippen LogP contribution is -2.27. The number of hydrogen-bond donors (Lipinski definition) is 1. The van der Waals surface area contributed by atoms with Gasteiger partial charge in [-0.3, -0.25) is 25.0 Å². The number of amides is 1. The molecular weight excluding hydrogens is 398 g/mol. The van der Waals surface area contributed by atoms with Gasteiger partial charge in [-0.05, 0) is 17.7 Å². The molecular formula is C19H21N3O8. The highest BCUT2D eigenvalue weighted by Gasteiger charge is 2.19. The lowest BCUT2D eigenvalue weighted by atomic mass is 10.1. The highest BCUT2D eigenvalue weighted by Crippen LogP contribution is 2.22. The van der Waals surface area contributed by atoms with Crippen molar-refractivity contribution in [2.24, 2.45) is 0 Å². The number of non-ortho nitro benzene ring substituents is 2. The highest BCUT2D eigenvalue weighted by molar-refractivity contribution is 5.95. The van der Waals surface area contributed by atoms with Gasteiger partial charge in [-0.1, -0.05) is 19.6 Å². The molecule has 0 fully saturated rings. The van der Waals surface area contributed by atoms with Crippen molar-refractivity contribution in [1.29, 1.82) is 0 Å². The summed E-state index contributed by atoms with van der Waals surface area (Å²) >= 11 is 0. The minimum absolute atomic E-state index is 0. The fraction of sp³-hybridized carbons (Fsp3) is 0.263. The van der Waals surface area contributed by atoms with Crippen LogP contribution >= 0.6 is 0 Å². The van der Waals surface area contributed by atoms with Crippen molar-refractivity contribution in [2.45, 2.75) is 14.0 Å². The van der Waals surface area contributed by atoms with E-state index in [-0.39, 0.29) is 32.7 Å². The average molecular weight is 419 g/mol. The second-order valence-electron chi connectivity index (χ2n) is 5.75. The van der Waals surface area contributed by atoms with Crippen molar-refractivity contribution < 1.29 is 28.9 Å². The number of nitrogens with zero attached hydrogens (tertiary/aromatic N) is 2. The van der Waals surface area contributed by atoms with E-state index >= 15 is 0 Å². The third kappa shape index (κ3) is 6.63. The van der Waals surface area contributed by atoms with E-state index in [1.165, 1.54) is 7.11 Å². The first-order valence-corrected chi connectivity index (χ1v) is 8.29. The van der Waals surface area contributed by atoms with E-state index in [2.05, 4.69) is 10.1 Å². The summed E-state index contributed by atoms with van der Waals surface area (Å²) in [5, 5.41) is 24.2. The number of methoxy groups -OCH3 is 1. The van der Waals surface area contributed by atoms with Crippen LogP contribution in [0.25, 0.3) is 0 Å². The summed E-state index contributed by atoms with van der Waals surface area (Å²) < 4.78 is 10.0. The molecule has 0 aromatic heterocycles. The Morgan fingerprint density at radius 1 is 0.967 bits per heavy atom. The van der Waals surface area contributed by atoms with Gasteiger partial charge in [0, 0.05) is 18.7 Å². The normalized spacial score (nSPS) is 9.90. The lowest BCUT2D eigenvalue weighted by Gasteiger charge is -2.07. The van der Waals surface area contributed by atoms with Crippen LogP contribution in [0.1, 0.15) is 33.7 Å². The first kappa shape index (κ1) is 24.2. The Bertz CT molecular complexity index is 896. The molecule has 0 atom stereocenters. The number of nitro benzene ring substituents is 2. The summed E-state index contributed by atoms with van der Waals surface area (Å²) in [6, 6.07) is 9.31. The number of carbonyl (C=O) groups is 2. The summed E-state index contributed by atoms with van der Waals surface area (Å²) in [4.78, 5) is 43.6. The fourth-order valence-corrected chi connectivity index (χ4v) is 2.32. The molecule has 0 aliphatic rings. The maximum atomic E-state index is 12.1. The van der Waals surface area contributed by atoms with Crippen LogP contribution in [0.4, 0.5) is 11.4 Å². The first-order chi connectivity index (χ1) is 13.8. The predicted molar refractivity (Wildman–Crippen MR) is 106 cm³/mol. The Morgan fingerprint density at radius 2 is 1.53 bits per heavy atom. The van der Waals surface area contributed by atoms with Crippen molar-refractivity contribution in [2.75, 3.05) is 20.3 Å². The van der Waals surface area contributed by atoms with Crippen LogP contribution < -0.4 is 5.32 Å². The molecule has 0 unspecified atom stereocenters. The molecule has 0 saturated carbocycles. The van der Waals surface area contributed by atoms with Crippen LogP contribution in [0.3, 0.4) is 0 Å². The molecule has 2 aromatic rings. The van der Waals surface area contributed by atoms with Gasteiger partial charge in [0.25, 0.3) is 17.3 Å². The second-order valence-corrected chi connectivity index (χ2v) is 5.75. The number of nitro groups is 2. The average Bonchev–Trinajstić information content (AvgIpc) is 2.72. The van der Waals surface area contributed by atoms with E-state index in [0.29, 0.717) is 5.56 Å². The first-order valence-electron chi connectivity index (χ1n) is 8.29. The Labute approximate surface area is 171 Å². The number of hydrogen-bond acceptors (Lipinski definition) is 8. The molecule has 160 valence electrons. The second kappa shape index (κ2) is 11.2. The van der Waals surface area contributed by atoms with Crippen LogP contribution in [-0.2, 0) is 16.1 Å². The monoisotopic (exact) mass is 419 g/mol. The van der Waals surface area contributed by atoms with Crippen LogP contribution in [0.2, 0.25) is 0 Å². The van der Waals surface area contributed by atoms with Crippen LogP contribution in [-0.4, -0.2) is 42.0 Å². The van der Waals surface area contributed by atoms with Crippen LogP contribution in [0, 0.1) is 20.2 Å². The topological polar surface area (TPSA) is 151 Å². The number of ether oxygens (including phenoxy) is 2. The largest absolute Gasteiger partial charge is 0.465 e. The molecule has 0 aliphatic carbocycles. The molecule has 1 amide bonds. The zero-order valence-electron chi connectivity index (χ0n) is 15.3. The molecule has 0 spiro atoms. The Kier molecular flexibility index (Phi) is 9.04. The Morgan fingerprint density at radius 3 is 2.03 bits per heavy atom. The molecule has 0 aliphatic heterocycles. The predicted octanol–water partition coefficient (Wildman–Crippen LogP) is 2.87. The van der Waals surface area contributed by atoms with E-state index in [0.717, 1.165) is 23.8 Å². The van der Waals surface area contributed by atoms with E-state index in [9.17, 15) is 29.8 Å². The zero-order valence-corrected chi connectivity index (χ0v) is 15.3. The van der Waals surface area contributed by atoms with E-state index in [1.54, 1.807) is 24.3 Å². The highest BCUT2D eigenvalue weighted by atomic mass is 16.6. The molecule has 0 heterocycles. The van der Waals surface area contributed by atoms with Gasteiger partial charge >= 0.3 is 5.97 Å². The van der Waals surface area contributed by atoms with Gasteiger partial charge in [0.15, 0.2) is 0 Å². The van der Waals surface area contributed by atoms with Crippen molar-refractivity contribution in [3.05, 3.63) is 79.4 Å². The lowest BCUT2D eigenvalue weighted by molar-refractivity contribution is -0.394. The quantitative estimate of drug-likeness (QED) is 0.282. The summed E-state index contributed by atoms with van der Waals surface area (Å²) in [6.45, 7) is 0.469. The smallest absolute Gasteiger partial charge is 0.337 e. The third-order valence-corrected chi connectivity index (χ3v) is 3.76. The molecule has 1 N–H and O–H groups in total. The van der Waals surface area contributed by atoms with Gasteiger partial charge in [0.05, 0.1) is 47.4 Å². The maximum absolute atomic E-state index is 12.1. The maximum Gasteiger partial charge on any atom is 0.337 e. The standard InChI is InChI=1S/C18H17N3O8.CH4/c1-28-18(23)13-4-2-12(3-5-13)11-29-7-6-19-17(22)14-8-15(20(24)25)10-16(9-14)21(26)27;/h2-5,8-10H,6-7,11H2,1H3,(H,19,22);1H4. The molecule has 11 heteroatoms. The molecule has 11 nitrogen and oxygen atoms in total. The molecule has 0 saturated heterocycles. The van der Waals surface area contributed by atoms with Gasteiger partial charge in [-0.15, -0.1) is 0 Å². The van der Waals surface area contributed by atoms with Crippen molar-refractivity contribution in [1.82, 2.24) is 5.32 Å². The van der Waals surface area contributed by atoms with E-state index in [4.69, 9.17) is 4.74 Å². The van der Waals surface area contributed by atoms with E-state index < -0.39 is 33.1 Å². The molecule has 0 bridgehead atoms. The number of rotatable bonds is 9. The fourth-order valence-electron chi connectivity index (χ4n) is 2.32. The number of esters is 1. The molecule has 0 radical (unpaired) electrons. The van der Waals surface area contributed by atoms with Gasteiger partial charge in [-0.2, -0.15) is 0 Å². The molecule has 2 rings (SSSR count). The Hall–Kier alpha value is -3.86. The van der Waals surface area contributed by atoms with Gasteiger partial charge in [0.2, 0.25) is 0 Å². The van der Waals surface area contributed by atoms with Crippen LogP contribution in [0.15, 0.2) is 42.5 Å². The minimum atomic E-state index is -0.807. The molecule has 2 aromatic carbocycles. The van der Waals surface area contributed by atoms with Crippen molar-refractivity contribution in [3.8, 4) is 0 Å². The number of nitrogens with one attached hydrogen (secondary N) is 1. The summed E-state index contributed by atoms with van der Waals surface area (Å²) in [5.41, 5.74) is -0.0656. The molecule has 30 heavy (non-hydrogen) atoms. The van der Waals surface area contributed by atoms with Crippen molar-refractivity contribution in [3.63, 3.8) is 0 Å². The number of benzene rings is 2. The summed E-state index contributed by atoms with van der Waals surface area (Å²) in [7, 11) is 1.29. The van der Waals surface area contributed by atoms with Gasteiger partial charge in [-0.25, -0.2) is 4.79 Å². The van der Waals surface area contributed by atoms with Gasteiger partial charge in [0.1, 0.15) is 0 Å². The zero-order chi connectivity index (χ0) is 21.4. The minimum Gasteiger partial charge on any atom is -0.465 e.